The number of aliphatic hydroxyl groups excluding tert-OH is 1. The molecule has 3 atom stereocenters. The highest BCUT2D eigenvalue weighted by atomic mass is 35.5. The summed E-state index contributed by atoms with van der Waals surface area (Å²) in [6.45, 7) is 25.4. The van der Waals surface area contributed by atoms with Gasteiger partial charge < -0.3 is 59.7 Å². The molecule has 0 bridgehead atoms. The first-order valence-electron chi connectivity index (χ1n) is 38.6. The molecule has 0 spiro atoms. The van der Waals surface area contributed by atoms with Gasteiger partial charge in [0.1, 0.15) is 53.9 Å². The number of ether oxygens (including phenoxy) is 2. The maximum absolute atomic E-state index is 8.48. The van der Waals surface area contributed by atoms with Gasteiger partial charge in [0.25, 0.3) is 0 Å². The summed E-state index contributed by atoms with van der Waals surface area (Å²) in [5.74, 6) is 3.24. The second-order valence-electron chi connectivity index (χ2n) is 29.7. The lowest BCUT2D eigenvalue weighted by Gasteiger charge is -2.32. The Morgan fingerprint density at radius 1 is 0.500 bits per heavy atom. The Morgan fingerprint density at radius 2 is 0.904 bits per heavy atom. The Kier molecular flexibility index (Phi) is 25.6. The minimum Gasteiger partial charge on any atom is -0.476 e. The molecule has 0 amide bonds. The van der Waals surface area contributed by atoms with Gasteiger partial charge in [-0.15, -0.1) is 0 Å². The number of aryl methyl sites for hydroxylation is 2. The van der Waals surface area contributed by atoms with Crippen LogP contribution in [-0.4, -0.2) is 211 Å². The topological polar surface area (TPSA) is 341 Å². The van der Waals surface area contributed by atoms with Crippen LogP contribution in [-0.2, 0) is 23.4 Å². The van der Waals surface area contributed by atoms with Crippen LogP contribution in [0.5, 0.6) is 11.8 Å². The van der Waals surface area contributed by atoms with Crippen LogP contribution in [0.4, 0.5) is 17.5 Å². The number of hydrogen-bond acceptors (Lipinski definition) is 25. The first-order valence-corrected chi connectivity index (χ1v) is 39.7. The fraction of sp³-hybridized carbons (Fsp3) is 0.400. The molecular weight excluding hydrogens is 1510 g/mol. The number of nitrogens with one attached hydrogen (secondary N) is 6. The van der Waals surface area contributed by atoms with Gasteiger partial charge in [0.2, 0.25) is 11.8 Å². The van der Waals surface area contributed by atoms with Crippen molar-refractivity contribution in [2.75, 3.05) is 94.7 Å². The molecular formula is C80H95BCl3N25O5. The van der Waals surface area contributed by atoms with Crippen molar-refractivity contribution >= 4 is 131 Å². The normalized spacial score (nSPS) is 16.3. The van der Waals surface area contributed by atoms with Gasteiger partial charge in [0.15, 0.2) is 34.4 Å². The van der Waals surface area contributed by atoms with E-state index in [0.29, 0.717) is 81.2 Å². The van der Waals surface area contributed by atoms with Crippen molar-refractivity contribution in [3.63, 3.8) is 0 Å². The number of hydrogen-bond donors (Lipinski definition) is 7. The van der Waals surface area contributed by atoms with E-state index in [1.165, 1.54) is 70.6 Å². The number of aromatic nitrogens is 19. The molecule has 30 nitrogen and oxygen atoms in total. The SMILES string of the molecule is C[C@H](Nc1ncnc2nc[nH]c12)c1cc2cccc(-c3cnn(C)c3)c2c(OCCN2CCCC2)n1.C[C@H](Nc1ncnc2nc[nH]c12)c1cc2cccc(Cl)c2c(Cl)n1.C[C@H](Nc1ncnc2nc[nH]c12)c1cc2cccc(Cl)c2c(OCCN2CCCC2)n1.Cn1cc(B2OC(C)(C)C(C)(C)O2)cn1.OCCN1CCCC1. The molecule has 0 unspecified atom stereocenters. The zero-order valence-electron chi connectivity index (χ0n) is 65.5. The van der Waals surface area contributed by atoms with E-state index < -0.39 is 0 Å². The second-order valence-corrected chi connectivity index (χ2v) is 30.9. The molecule has 3 aromatic carbocycles. The fourth-order valence-electron chi connectivity index (χ4n) is 14.2. The van der Waals surface area contributed by atoms with Crippen LogP contribution in [0.15, 0.2) is 136 Å². The van der Waals surface area contributed by atoms with Gasteiger partial charge in [-0.3, -0.25) is 19.2 Å². The Balaban J connectivity index is 0.000000126. The quantitative estimate of drug-likeness (QED) is 0.0259. The Bertz CT molecular complexity index is 5550. The number of aromatic amines is 3. The average molecular weight is 1600 g/mol. The van der Waals surface area contributed by atoms with Crippen LogP contribution in [0.2, 0.25) is 15.2 Å². The summed E-state index contributed by atoms with van der Waals surface area (Å²) < 4.78 is 27.9. The zero-order chi connectivity index (χ0) is 79.5. The van der Waals surface area contributed by atoms with Crippen molar-refractivity contribution < 1.29 is 23.9 Å². The number of nitrogens with zero attached hydrogens (tertiary/aromatic N) is 19. The zero-order valence-corrected chi connectivity index (χ0v) is 67.7. The van der Waals surface area contributed by atoms with Gasteiger partial charge in [-0.2, -0.15) is 10.2 Å². The lowest BCUT2D eigenvalue weighted by Crippen LogP contribution is -2.41. The first-order chi connectivity index (χ1) is 55.2. The van der Waals surface area contributed by atoms with E-state index in [9.17, 15) is 0 Å². The average Bonchev–Trinajstić information content (AvgIpc) is 1.52. The largest absolute Gasteiger partial charge is 0.498 e. The molecule has 594 valence electrons. The van der Waals surface area contributed by atoms with Crippen molar-refractivity contribution in [2.24, 2.45) is 14.1 Å². The third-order valence-corrected chi connectivity index (χ3v) is 22.0. The van der Waals surface area contributed by atoms with Crippen LogP contribution in [0.3, 0.4) is 0 Å². The van der Waals surface area contributed by atoms with Crippen molar-refractivity contribution in [1.29, 1.82) is 0 Å². The fourth-order valence-corrected chi connectivity index (χ4v) is 15.1. The van der Waals surface area contributed by atoms with E-state index in [0.717, 1.165) is 128 Å². The van der Waals surface area contributed by atoms with Gasteiger partial charge in [-0.1, -0.05) is 77.3 Å². The maximum Gasteiger partial charge on any atom is 0.498 e. The molecule has 0 radical (unpaired) electrons. The number of β-amino-alcohol motifs (C(OH)–C–C–N with tert-alkyl or cyclic N) is 1. The van der Waals surface area contributed by atoms with Crippen molar-refractivity contribution in [1.82, 2.24) is 109 Å². The maximum atomic E-state index is 8.48. The van der Waals surface area contributed by atoms with E-state index >= 15 is 0 Å². The number of rotatable bonds is 21. The van der Waals surface area contributed by atoms with Crippen molar-refractivity contribution in [3.05, 3.63) is 168 Å². The molecule has 4 aliphatic heterocycles. The van der Waals surface area contributed by atoms with E-state index in [4.69, 9.17) is 68.7 Å². The molecule has 0 saturated carbocycles. The van der Waals surface area contributed by atoms with E-state index in [-0.39, 0.29) is 36.4 Å². The summed E-state index contributed by atoms with van der Waals surface area (Å²) in [4.78, 5) is 68.8. The third kappa shape index (κ3) is 19.0. The number of imidazole rings is 3. The lowest BCUT2D eigenvalue weighted by molar-refractivity contribution is 0.00578. The molecule has 18 rings (SSSR count). The predicted octanol–water partition coefficient (Wildman–Crippen LogP) is 13.3. The summed E-state index contributed by atoms with van der Waals surface area (Å²) in [6, 6.07) is 23.5. The van der Waals surface area contributed by atoms with Gasteiger partial charge in [-0.05, 0) is 178 Å². The number of halogens is 3. The molecule has 15 heterocycles. The first kappa shape index (κ1) is 80.3. The number of H-pyrrole nitrogens is 3. The van der Waals surface area contributed by atoms with Crippen LogP contribution in [0.25, 0.3) is 76.9 Å². The number of pyridine rings is 3. The van der Waals surface area contributed by atoms with E-state index in [2.05, 4.69) is 137 Å². The van der Waals surface area contributed by atoms with E-state index in [1.807, 2.05) is 121 Å². The molecule has 0 aliphatic carbocycles. The molecule has 4 fully saturated rings. The number of likely N-dealkylation sites (tertiary alicyclic amines) is 3. The monoisotopic (exact) mass is 1600 g/mol. The van der Waals surface area contributed by atoms with Gasteiger partial charge in [0.05, 0.1) is 99.0 Å². The van der Waals surface area contributed by atoms with Crippen LogP contribution in [0.1, 0.15) is 122 Å². The Labute approximate surface area is 675 Å². The molecule has 34 heteroatoms. The predicted molar refractivity (Wildman–Crippen MR) is 448 cm³/mol. The third-order valence-electron chi connectivity index (χ3n) is 21.1. The summed E-state index contributed by atoms with van der Waals surface area (Å²) in [5.41, 5.74) is 9.14. The Hall–Kier alpha value is -10.3. The Morgan fingerprint density at radius 3 is 1.34 bits per heavy atom. The smallest absolute Gasteiger partial charge is 0.476 e. The van der Waals surface area contributed by atoms with Gasteiger partial charge >= 0.3 is 7.12 Å². The van der Waals surface area contributed by atoms with E-state index in [1.54, 1.807) is 35.9 Å². The van der Waals surface area contributed by atoms with Crippen LogP contribution >= 0.6 is 34.8 Å². The van der Waals surface area contributed by atoms with Gasteiger partial charge in [-0.25, -0.2) is 59.8 Å². The highest BCUT2D eigenvalue weighted by Gasteiger charge is 2.52. The number of fused-ring (bicyclic) bond motifs is 6. The van der Waals surface area contributed by atoms with Crippen LogP contribution in [0, 0.1) is 0 Å². The highest BCUT2D eigenvalue weighted by molar-refractivity contribution is 6.62. The summed E-state index contributed by atoms with van der Waals surface area (Å²) in [7, 11) is 3.51. The van der Waals surface area contributed by atoms with Crippen LogP contribution < -0.4 is 30.9 Å². The molecule has 14 aromatic rings. The molecule has 4 saturated heterocycles. The molecule has 7 N–H and O–H groups in total. The standard InChI is InChI=1S/C26H29N9O.C22H24ClN7O.C16H12Cl2N6.C10H17BN2O2.C6H13NO/c1-17(32-25-23-24(28-15-27-23)29-16-30-25)21-12-18-6-5-7-20(19-13-31-34(2)14-19)22(18)26(33-21)36-11-10-35-8-3-4-9-35;1-14(28-21-19-20(25-12-24-19)26-13-27-21)17-11-15-5-4-6-16(23)18(15)22(29-17)31-10-9-30-7-2-3-8-30;1-8(23-16-13-15(20-6-19-13)21-7-22-16)11-5-9-3-2-4-10(17)12(9)14(18)24-11;1-9(2)10(3,4)15-11(14-9)8-6-12-13(5)7-8;8-6-5-7-3-1-2-4-7/h5-7,12-17H,3-4,8-11H2,1-2H3,(H2,27,28,29,30,32);4-6,11-14H,2-3,7-10H2,1H3,(H2,24,25,26,27,28);2-8H,1H3,(H2,19,20,21,22,23);6-7H,1-5H3;8H,1-6H2/t17-;14-;8-;;/m000../s1. The summed E-state index contributed by atoms with van der Waals surface area (Å²) >= 11 is 19.0. The van der Waals surface area contributed by atoms with Crippen molar-refractivity contribution in [3.8, 4) is 22.9 Å². The number of aliphatic hydroxyl groups is 1. The highest BCUT2D eigenvalue weighted by Crippen LogP contribution is 2.40. The van der Waals surface area contributed by atoms with Crippen molar-refractivity contribution in [2.45, 2.75) is 116 Å². The number of benzene rings is 3. The number of anilines is 3. The molecule has 114 heavy (non-hydrogen) atoms. The summed E-state index contributed by atoms with van der Waals surface area (Å²) in [5, 5.41) is 34.4. The molecule has 4 aliphatic rings. The summed E-state index contributed by atoms with van der Waals surface area (Å²) in [6.07, 6.45) is 24.6. The lowest BCUT2D eigenvalue weighted by atomic mass is 9.82. The molecule has 11 aromatic heterocycles. The minimum atomic E-state index is -0.302. The van der Waals surface area contributed by atoms with Gasteiger partial charge in [0, 0.05) is 68.7 Å². The minimum absolute atomic E-state index is 0.118. The second kappa shape index (κ2) is 36.4.